The Bertz CT molecular complexity index is 492. The average Bonchev–Trinajstić information content (AvgIpc) is 3.02. The largest absolute Gasteiger partial charge is 0.467 e. The molecule has 20 heavy (non-hydrogen) atoms. The maximum atomic E-state index is 12.6. The van der Waals surface area contributed by atoms with Gasteiger partial charge in [0.1, 0.15) is 6.04 Å². The highest BCUT2D eigenvalue weighted by molar-refractivity contribution is 7.13. The Morgan fingerprint density at radius 1 is 1.50 bits per heavy atom. The van der Waals surface area contributed by atoms with Crippen LogP contribution in [0.1, 0.15) is 12.1 Å². The smallest absolute Gasteiger partial charge is 0.434 e. The first-order valence-electron chi connectivity index (χ1n) is 5.76. The molecule has 0 saturated carbocycles. The van der Waals surface area contributed by atoms with Gasteiger partial charge in [-0.25, -0.2) is 9.78 Å². The number of methoxy groups -OCH3 is 2. The van der Waals surface area contributed by atoms with Crippen molar-refractivity contribution in [2.24, 2.45) is 0 Å². The predicted molar refractivity (Wildman–Crippen MR) is 65.7 cm³/mol. The minimum Gasteiger partial charge on any atom is -0.467 e. The number of nitrogens with zero attached hydrogens (tertiary/aromatic N) is 2. The topological polar surface area (TPSA) is 51.7 Å². The van der Waals surface area contributed by atoms with Crippen LogP contribution in [0, 0.1) is 0 Å². The molecule has 5 nitrogen and oxygen atoms in total. The molecule has 0 bridgehead atoms. The standard InChI is InChI=1S/C11H13F3N2O3S/c1-18-6-3-7(9(17)19-2)16(4-6)10-15-8(5-20-10)11(12,13)14/h5-7H,3-4H2,1-2H3/t6-,7-/m0/s1. The van der Waals surface area contributed by atoms with Crippen LogP contribution in [0.2, 0.25) is 0 Å². The van der Waals surface area contributed by atoms with Gasteiger partial charge in [0.25, 0.3) is 0 Å². The van der Waals surface area contributed by atoms with E-state index in [1.54, 1.807) is 0 Å². The van der Waals surface area contributed by atoms with Crippen LogP contribution in [0.15, 0.2) is 5.38 Å². The molecule has 0 radical (unpaired) electrons. The number of ether oxygens (including phenoxy) is 2. The SMILES string of the molecule is COC(=O)[C@@H]1C[C@H](OC)CN1c1nc(C(F)(F)F)cs1. The van der Waals surface area contributed by atoms with E-state index in [2.05, 4.69) is 9.72 Å². The molecule has 0 spiro atoms. The number of carbonyl (C=O) groups excluding carboxylic acids is 1. The molecule has 1 aromatic rings. The molecule has 2 rings (SSSR count). The van der Waals surface area contributed by atoms with E-state index >= 15 is 0 Å². The van der Waals surface area contributed by atoms with E-state index in [1.807, 2.05) is 0 Å². The van der Waals surface area contributed by atoms with Gasteiger partial charge in [-0.2, -0.15) is 13.2 Å². The fourth-order valence-corrected chi connectivity index (χ4v) is 2.96. The minimum atomic E-state index is -4.49. The number of rotatable bonds is 3. The van der Waals surface area contributed by atoms with Crippen molar-refractivity contribution in [3.63, 3.8) is 0 Å². The number of hydrogen-bond acceptors (Lipinski definition) is 6. The van der Waals surface area contributed by atoms with Gasteiger partial charge in [-0.15, -0.1) is 11.3 Å². The van der Waals surface area contributed by atoms with Crippen LogP contribution >= 0.6 is 11.3 Å². The highest BCUT2D eigenvalue weighted by Crippen LogP contribution is 2.35. The first-order valence-corrected chi connectivity index (χ1v) is 6.64. The van der Waals surface area contributed by atoms with E-state index in [0.29, 0.717) is 13.0 Å². The minimum absolute atomic E-state index is 0.146. The quantitative estimate of drug-likeness (QED) is 0.799. The number of esters is 1. The van der Waals surface area contributed by atoms with Crippen LogP contribution in [-0.2, 0) is 20.4 Å². The summed E-state index contributed by atoms with van der Waals surface area (Å²) in [6.45, 7) is 0.307. The normalized spacial score (nSPS) is 23.1. The molecule has 1 fully saturated rings. The van der Waals surface area contributed by atoms with E-state index in [4.69, 9.17) is 4.74 Å². The Morgan fingerprint density at radius 2 is 2.20 bits per heavy atom. The second kappa shape index (κ2) is 5.57. The summed E-state index contributed by atoms with van der Waals surface area (Å²) in [5.74, 6) is -0.506. The molecule has 1 saturated heterocycles. The number of thiazole rings is 1. The van der Waals surface area contributed by atoms with Crippen molar-refractivity contribution < 1.29 is 27.4 Å². The average molecular weight is 310 g/mol. The number of halogens is 3. The monoisotopic (exact) mass is 310 g/mol. The first kappa shape index (κ1) is 15.0. The van der Waals surface area contributed by atoms with Gasteiger partial charge in [0.15, 0.2) is 10.8 Å². The van der Waals surface area contributed by atoms with E-state index in [1.165, 1.54) is 19.1 Å². The summed E-state index contributed by atoms with van der Waals surface area (Å²) in [7, 11) is 2.73. The lowest BCUT2D eigenvalue weighted by molar-refractivity contribution is -0.142. The second-order valence-corrected chi connectivity index (χ2v) is 5.13. The van der Waals surface area contributed by atoms with E-state index in [9.17, 15) is 18.0 Å². The van der Waals surface area contributed by atoms with Crippen LogP contribution in [-0.4, -0.2) is 43.9 Å². The molecule has 1 aliphatic heterocycles. The van der Waals surface area contributed by atoms with Crippen LogP contribution in [0.4, 0.5) is 18.3 Å². The molecule has 2 atom stereocenters. The van der Waals surface area contributed by atoms with Crippen LogP contribution in [0.5, 0.6) is 0 Å². The van der Waals surface area contributed by atoms with Gasteiger partial charge in [0.05, 0.1) is 13.2 Å². The third kappa shape index (κ3) is 2.88. The summed E-state index contributed by atoms with van der Waals surface area (Å²) >= 11 is 0.849. The summed E-state index contributed by atoms with van der Waals surface area (Å²) in [6.07, 6.45) is -4.36. The second-order valence-electron chi connectivity index (χ2n) is 4.30. The zero-order valence-electron chi connectivity index (χ0n) is 10.8. The summed E-state index contributed by atoms with van der Waals surface area (Å²) in [5, 5.41) is 1.08. The summed E-state index contributed by atoms with van der Waals surface area (Å²) in [4.78, 5) is 16.8. The maximum Gasteiger partial charge on any atom is 0.434 e. The lowest BCUT2D eigenvalue weighted by atomic mass is 10.2. The first-order chi connectivity index (χ1) is 9.36. The molecule has 1 aromatic heterocycles. The van der Waals surface area contributed by atoms with Crippen molar-refractivity contribution in [1.82, 2.24) is 4.98 Å². The third-order valence-corrected chi connectivity index (χ3v) is 3.98. The van der Waals surface area contributed by atoms with Crippen molar-refractivity contribution in [3.05, 3.63) is 11.1 Å². The zero-order valence-corrected chi connectivity index (χ0v) is 11.6. The zero-order chi connectivity index (χ0) is 14.9. The highest BCUT2D eigenvalue weighted by atomic mass is 32.1. The van der Waals surface area contributed by atoms with Crippen molar-refractivity contribution in [3.8, 4) is 0 Å². The Labute approximate surface area is 117 Å². The number of anilines is 1. The molecule has 112 valence electrons. The predicted octanol–water partition coefficient (Wildman–Crippen LogP) is 1.93. The van der Waals surface area contributed by atoms with Crippen LogP contribution in [0.25, 0.3) is 0 Å². The fourth-order valence-electron chi connectivity index (χ4n) is 2.07. The van der Waals surface area contributed by atoms with E-state index < -0.39 is 23.9 Å². The van der Waals surface area contributed by atoms with Crippen LogP contribution < -0.4 is 4.90 Å². The Morgan fingerprint density at radius 3 is 2.70 bits per heavy atom. The fraction of sp³-hybridized carbons (Fsp3) is 0.636. The Hall–Kier alpha value is -1.35. The maximum absolute atomic E-state index is 12.6. The summed E-state index contributed by atoms with van der Waals surface area (Å²) in [6, 6.07) is -0.669. The third-order valence-electron chi connectivity index (χ3n) is 3.10. The summed E-state index contributed by atoms with van der Waals surface area (Å²) in [5.41, 5.74) is -0.956. The molecule has 0 aliphatic carbocycles. The molecule has 0 N–H and O–H groups in total. The number of carbonyl (C=O) groups is 1. The molecule has 0 aromatic carbocycles. The molecule has 0 amide bonds. The summed E-state index contributed by atoms with van der Waals surface area (Å²) < 4.78 is 47.5. The number of alkyl halides is 3. The molecular weight excluding hydrogens is 297 g/mol. The molecular formula is C11H13F3N2O3S. The number of aromatic nitrogens is 1. The Kier molecular flexibility index (Phi) is 4.19. The molecule has 0 unspecified atom stereocenters. The highest BCUT2D eigenvalue weighted by Gasteiger charge is 2.41. The van der Waals surface area contributed by atoms with Gasteiger partial charge in [-0.1, -0.05) is 0 Å². The van der Waals surface area contributed by atoms with Crippen molar-refractivity contribution in [2.75, 3.05) is 25.7 Å². The molecule has 2 heterocycles. The molecule has 9 heteroatoms. The van der Waals surface area contributed by atoms with E-state index in [-0.39, 0.29) is 11.2 Å². The number of hydrogen-bond donors (Lipinski definition) is 0. The van der Waals surface area contributed by atoms with Gasteiger partial charge in [0.2, 0.25) is 0 Å². The van der Waals surface area contributed by atoms with Gasteiger partial charge >= 0.3 is 12.1 Å². The lowest BCUT2D eigenvalue weighted by Gasteiger charge is -2.21. The van der Waals surface area contributed by atoms with E-state index in [0.717, 1.165) is 16.7 Å². The Balaban J connectivity index is 2.24. The van der Waals surface area contributed by atoms with Gasteiger partial charge in [-0.05, 0) is 0 Å². The lowest BCUT2D eigenvalue weighted by Crippen LogP contribution is -2.37. The van der Waals surface area contributed by atoms with Crippen molar-refractivity contribution in [2.45, 2.75) is 24.7 Å². The van der Waals surface area contributed by atoms with Gasteiger partial charge < -0.3 is 14.4 Å². The molecule has 1 aliphatic rings. The van der Waals surface area contributed by atoms with Gasteiger partial charge in [-0.3, -0.25) is 0 Å². The van der Waals surface area contributed by atoms with Crippen molar-refractivity contribution >= 4 is 22.4 Å². The van der Waals surface area contributed by atoms with Gasteiger partial charge in [0, 0.05) is 25.5 Å². The van der Waals surface area contributed by atoms with Crippen LogP contribution in [0.3, 0.4) is 0 Å². The van der Waals surface area contributed by atoms with Crippen molar-refractivity contribution in [1.29, 1.82) is 0 Å².